The van der Waals surface area contributed by atoms with Crippen molar-refractivity contribution in [3.05, 3.63) is 136 Å². The zero-order chi connectivity index (χ0) is 44.1. The summed E-state index contributed by atoms with van der Waals surface area (Å²) in [6.07, 6.45) is 19.1. The third kappa shape index (κ3) is 12.1. The number of piperidine rings is 2. The summed E-state index contributed by atoms with van der Waals surface area (Å²) >= 11 is 7.65. The minimum Gasteiger partial charge on any atom is -0.352 e. The van der Waals surface area contributed by atoms with Crippen LogP contribution in [0.5, 0.6) is 0 Å². The van der Waals surface area contributed by atoms with Gasteiger partial charge < -0.3 is 24.8 Å². The van der Waals surface area contributed by atoms with Gasteiger partial charge in [0.1, 0.15) is 11.5 Å². The second-order valence-electron chi connectivity index (χ2n) is 16.5. The lowest BCUT2D eigenvalue weighted by atomic mass is 9.91. The van der Waals surface area contributed by atoms with E-state index in [9.17, 15) is 23.6 Å². The number of rotatable bonds is 14. The second kappa shape index (κ2) is 22.1. The number of nitrogens with one attached hydrogen (secondary N) is 2. The molecule has 2 N–H and O–H groups in total. The van der Waals surface area contributed by atoms with Crippen LogP contribution in [0.1, 0.15) is 111 Å². The number of unbranched alkanes of at least 4 members (excludes halogenated alkanes) is 2. The smallest absolute Gasteiger partial charge is 0.261 e. The van der Waals surface area contributed by atoms with Crippen molar-refractivity contribution in [2.75, 3.05) is 39.3 Å². The summed E-state index contributed by atoms with van der Waals surface area (Å²) in [5, 5.41) is 7.59. The summed E-state index contributed by atoms with van der Waals surface area (Å²) in [5.41, 5.74) is 2.92. The molecule has 0 spiro atoms. The molecule has 4 amide bonds. The number of carbonyl (C=O) groups is 4. The van der Waals surface area contributed by atoms with E-state index in [1.54, 1.807) is 62.0 Å². The molecule has 2 aliphatic heterocycles. The number of aromatic nitrogens is 3. The van der Waals surface area contributed by atoms with E-state index in [2.05, 4.69) is 20.6 Å². The SMILES string of the molecule is Cc1c(F)cccc1C(=O)N1CCC(CCCCNC(=O)c2ccc3nccn3c2)CC1.O=C(NCCCCC1CCN(C(=O)c2ccccc2Cl)CC1)c1cc2ccncc2s1. The molecule has 0 radical (unpaired) electrons. The molecular formula is C49H55ClFN7O4S. The van der Waals surface area contributed by atoms with Gasteiger partial charge in [0, 0.05) is 75.8 Å². The standard InChI is InChI=1S/C25H29FN4O2.C24H26ClN3O2S/c1-18-21(6-4-7-22(18)26)25(32)29-14-10-19(11-15-29)5-2-3-12-28-24(31)20-8-9-23-27-13-16-30(23)17-20;25-20-7-2-1-6-19(20)24(30)28-13-9-17(10-14-28)5-3-4-11-27-23(29)21-15-18-8-12-26-16-22(18)31-21/h4,6-9,13,16-17,19H,2-3,5,10-12,14-15H2,1H3,(H,28,31);1-2,6-8,12,15-17H,3-5,9-11,13-14H2,(H,27,29). The quantitative estimate of drug-likeness (QED) is 0.105. The number of likely N-dealkylation sites (tertiary alicyclic amines) is 2. The molecule has 8 rings (SSSR count). The molecule has 14 heteroatoms. The lowest BCUT2D eigenvalue weighted by Gasteiger charge is -2.32. The molecule has 0 saturated carbocycles. The van der Waals surface area contributed by atoms with Crippen LogP contribution in [0, 0.1) is 24.6 Å². The molecule has 0 unspecified atom stereocenters. The van der Waals surface area contributed by atoms with E-state index in [1.807, 2.05) is 50.7 Å². The minimum atomic E-state index is -0.333. The molecule has 330 valence electrons. The van der Waals surface area contributed by atoms with Crippen LogP contribution < -0.4 is 10.6 Å². The van der Waals surface area contributed by atoms with Gasteiger partial charge in [-0.1, -0.05) is 55.5 Å². The van der Waals surface area contributed by atoms with Crippen molar-refractivity contribution in [1.29, 1.82) is 0 Å². The van der Waals surface area contributed by atoms with Gasteiger partial charge in [-0.15, -0.1) is 11.3 Å². The van der Waals surface area contributed by atoms with Gasteiger partial charge in [-0.25, -0.2) is 9.37 Å². The Kier molecular flexibility index (Phi) is 15.9. The highest BCUT2D eigenvalue weighted by atomic mass is 35.5. The van der Waals surface area contributed by atoms with Crippen LogP contribution in [0.25, 0.3) is 15.7 Å². The Balaban J connectivity index is 0.000000189. The van der Waals surface area contributed by atoms with Crippen LogP contribution in [-0.2, 0) is 0 Å². The highest BCUT2D eigenvalue weighted by Crippen LogP contribution is 2.28. The van der Waals surface area contributed by atoms with E-state index >= 15 is 0 Å². The fourth-order valence-electron chi connectivity index (χ4n) is 8.42. The molecule has 6 aromatic rings. The van der Waals surface area contributed by atoms with Crippen molar-refractivity contribution < 1.29 is 23.6 Å². The predicted octanol–water partition coefficient (Wildman–Crippen LogP) is 9.64. The van der Waals surface area contributed by atoms with Crippen molar-refractivity contribution in [2.24, 2.45) is 11.8 Å². The maximum atomic E-state index is 13.8. The average molecular weight is 893 g/mol. The molecule has 2 aromatic carbocycles. The van der Waals surface area contributed by atoms with E-state index < -0.39 is 0 Å². The number of nitrogens with zero attached hydrogens (tertiary/aromatic N) is 5. The maximum Gasteiger partial charge on any atom is 0.261 e. The Morgan fingerprint density at radius 1 is 0.762 bits per heavy atom. The first-order valence-corrected chi connectivity index (χ1v) is 23.2. The minimum absolute atomic E-state index is 0.00686. The Labute approximate surface area is 377 Å². The van der Waals surface area contributed by atoms with Gasteiger partial charge in [0.25, 0.3) is 23.6 Å². The second-order valence-corrected chi connectivity index (χ2v) is 18.0. The molecule has 6 heterocycles. The molecule has 0 bridgehead atoms. The number of fused-ring (bicyclic) bond motifs is 2. The average Bonchev–Trinajstić information content (AvgIpc) is 3.98. The van der Waals surface area contributed by atoms with Crippen molar-refractivity contribution in [3.8, 4) is 0 Å². The number of carbonyl (C=O) groups excluding carboxylic acids is 4. The number of imidazole rings is 1. The summed E-state index contributed by atoms with van der Waals surface area (Å²) < 4.78 is 16.6. The number of pyridine rings is 2. The van der Waals surface area contributed by atoms with Gasteiger partial charge in [0.15, 0.2) is 0 Å². The summed E-state index contributed by atoms with van der Waals surface area (Å²) in [6.45, 7) is 5.99. The van der Waals surface area contributed by atoms with Gasteiger partial charge in [-0.2, -0.15) is 0 Å². The highest BCUT2D eigenvalue weighted by molar-refractivity contribution is 7.20. The first kappa shape index (κ1) is 45.4. The van der Waals surface area contributed by atoms with Gasteiger partial charge in [-0.05, 0) is 117 Å². The molecule has 11 nitrogen and oxygen atoms in total. The molecule has 2 aliphatic rings. The number of hydrogen-bond acceptors (Lipinski definition) is 7. The van der Waals surface area contributed by atoms with Crippen molar-refractivity contribution in [1.82, 2.24) is 34.8 Å². The lowest BCUT2D eigenvalue weighted by molar-refractivity contribution is 0.0677. The van der Waals surface area contributed by atoms with E-state index in [0.717, 1.165) is 97.9 Å². The van der Waals surface area contributed by atoms with Gasteiger partial charge in [0.2, 0.25) is 0 Å². The van der Waals surface area contributed by atoms with Crippen molar-refractivity contribution in [2.45, 2.75) is 71.1 Å². The van der Waals surface area contributed by atoms with Crippen molar-refractivity contribution >= 4 is 62.3 Å². The number of thiophene rings is 1. The fraction of sp³-hybridized carbons (Fsp3) is 0.388. The molecule has 0 aliphatic carbocycles. The zero-order valence-corrected chi connectivity index (χ0v) is 37.3. The number of hydrogen-bond donors (Lipinski definition) is 2. The van der Waals surface area contributed by atoms with Gasteiger partial charge in [-0.3, -0.25) is 24.2 Å². The van der Waals surface area contributed by atoms with Gasteiger partial charge >= 0.3 is 0 Å². The maximum absolute atomic E-state index is 13.8. The van der Waals surface area contributed by atoms with Crippen LogP contribution >= 0.6 is 22.9 Å². The summed E-state index contributed by atoms with van der Waals surface area (Å²) in [5.74, 6) is 0.779. The molecule has 63 heavy (non-hydrogen) atoms. The van der Waals surface area contributed by atoms with Crippen molar-refractivity contribution in [3.63, 3.8) is 0 Å². The first-order valence-electron chi connectivity index (χ1n) is 22.1. The molecule has 4 aromatic heterocycles. The monoisotopic (exact) mass is 891 g/mol. The molecular weight excluding hydrogens is 837 g/mol. The Morgan fingerprint density at radius 2 is 1.40 bits per heavy atom. The number of halogens is 2. The third-order valence-electron chi connectivity index (χ3n) is 12.3. The molecule has 2 fully saturated rings. The van der Waals surface area contributed by atoms with Crippen LogP contribution in [0.2, 0.25) is 5.02 Å². The van der Waals surface area contributed by atoms with Crippen LogP contribution in [-0.4, -0.2) is 87.1 Å². The van der Waals surface area contributed by atoms with Gasteiger partial charge in [0.05, 0.1) is 25.7 Å². The van der Waals surface area contributed by atoms with Crippen LogP contribution in [0.15, 0.2) is 97.7 Å². The summed E-state index contributed by atoms with van der Waals surface area (Å²) in [6, 6.07) is 19.4. The van der Waals surface area contributed by atoms with Crippen LogP contribution in [0.4, 0.5) is 4.39 Å². The van der Waals surface area contributed by atoms with E-state index in [1.165, 1.54) is 17.4 Å². The Bertz CT molecular complexity index is 2480. The predicted molar refractivity (Wildman–Crippen MR) is 247 cm³/mol. The number of benzene rings is 2. The largest absolute Gasteiger partial charge is 0.352 e. The summed E-state index contributed by atoms with van der Waals surface area (Å²) in [7, 11) is 0. The normalized spacial score (nSPS) is 14.7. The Hall–Kier alpha value is -5.66. The topological polar surface area (TPSA) is 129 Å². The summed E-state index contributed by atoms with van der Waals surface area (Å²) in [4.78, 5) is 62.9. The van der Waals surface area contributed by atoms with E-state index in [-0.39, 0.29) is 29.4 Å². The van der Waals surface area contributed by atoms with Crippen LogP contribution in [0.3, 0.4) is 0 Å². The first-order chi connectivity index (χ1) is 30.6. The molecule has 0 atom stereocenters. The third-order valence-corrected chi connectivity index (χ3v) is 13.7. The fourth-order valence-corrected chi connectivity index (χ4v) is 9.59. The molecule has 2 saturated heterocycles. The lowest BCUT2D eigenvalue weighted by Crippen LogP contribution is -2.38. The van der Waals surface area contributed by atoms with E-state index in [4.69, 9.17) is 11.6 Å². The highest BCUT2D eigenvalue weighted by Gasteiger charge is 2.26. The van der Waals surface area contributed by atoms with E-state index in [0.29, 0.717) is 65.3 Å². The Morgan fingerprint density at radius 3 is 2.06 bits per heavy atom. The number of amides is 4. The zero-order valence-electron chi connectivity index (χ0n) is 35.7.